The van der Waals surface area contributed by atoms with Crippen LogP contribution in [0.15, 0.2) is 48.8 Å². The van der Waals surface area contributed by atoms with Crippen molar-refractivity contribution in [3.8, 4) is 20.9 Å². The number of aromatic nitrogens is 1. The van der Waals surface area contributed by atoms with Crippen molar-refractivity contribution < 1.29 is 19.1 Å². The molecule has 2 aliphatic rings. The summed E-state index contributed by atoms with van der Waals surface area (Å²) in [5.41, 5.74) is 4.29. The molecule has 0 aliphatic carbocycles. The van der Waals surface area contributed by atoms with Crippen LogP contribution in [0.1, 0.15) is 42.3 Å². The number of benzene rings is 1. The van der Waals surface area contributed by atoms with Crippen LogP contribution < -0.4 is 0 Å². The molecule has 7 nitrogen and oxygen atoms in total. The Morgan fingerprint density at radius 2 is 1.78 bits per heavy atom. The standard InChI is InChI=1S/C29H33N3O4S/c1-29(2,3)36-27(33)15-20-14-22(18-30-17-20)26-7-6-25(37-26)21-4-5-24-23(16-21)19-32(28(24)34)9-8-31-10-12-35-13-11-31/h4-7,14,16-18H,8-13,15,19H2,1-3H3. The van der Waals surface area contributed by atoms with E-state index in [0.717, 1.165) is 77.0 Å². The van der Waals surface area contributed by atoms with Gasteiger partial charge in [-0.3, -0.25) is 19.5 Å². The Bertz CT molecular complexity index is 1290. The summed E-state index contributed by atoms with van der Waals surface area (Å²) < 4.78 is 10.9. The van der Waals surface area contributed by atoms with Gasteiger partial charge in [-0.05, 0) is 67.8 Å². The summed E-state index contributed by atoms with van der Waals surface area (Å²) in [5.74, 6) is -0.139. The van der Waals surface area contributed by atoms with Crippen molar-refractivity contribution in [2.45, 2.75) is 39.3 Å². The lowest BCUT2D eigenvalue weighted by molar-refractivity contribution is -0.153. The molecule has 8 heteroatoms. The Morgan fingerprint density at radius 1 is 1.03 bits per heavy atom. The van der Waals surface area contributed by atoms with Crippen LogP contribution in [0.5, 0.6) is 0 Å². The molecule has 37 heavy (non-hydrogen) atoms. The zero-order chi connectivity index (χ0) is 26.0. The largest absolute Gasteiger partial charge is 0.460 e. The second-order valence-electron chi connectivity index (χ2n) is 10.6. The topological polar surface area (TPSA) is 72.0 Å². The Labute approximate surface area is 222 Å². The third kappa shape index (κ3) is 6.26. The van der Waals surface area contributed by atoms with Crippen LogP contribution in [0.3, 0.4) is 0 Å². The van der Waals surface area contributed by atoms with Crippen LogP contribution in [0.25, 0.3) is 20.9 Å². The smallest absolute Gasteiger partial charge is 0.310 e. The second kappa shape index (κ2) is 10.7. The van der Waals surface area contributed by atoms with Crippen LogP contribution >= 0.6 is 11.3 Å². The number of rotatable bonds is 7. The number of hydrogen-bond acceptors (Lipinski definition) is 7. The molecule has 0 saturated carbocycles. The highest BCUT2D eigenvalue weighted by Gasteiger charge is 2.28. The molecule has 0 bridgehead atoms. The highest BCUT2D eigenvalue weighted by atomic mass is 32.1. The number of fused-ring (bicyclic) bond motifs is 1. The molecule has 0 N–H and O–H groups in total. The van der Waals surface area contributed by atoms with Crippen LogP contribution in [0.4, 0.5) is 0 Å². The average molecular weight is 520 g/mol. The molecule has 4 heterocycles. The van der Waals surface area contributed by atoms with Crippen molar-refractivity contribution in [2.24, 2.45) is 0 Å². The summed E-state index contributed by atoms with van der Waals surface area (Å²) in [6.07, 6.45) is 3.73. The third-order valence-electron chi connectivity index (χ3n) is 6.51. The van der Waals surface area contributed by atoms with E-state index in [2.05, 4.69) is 28.1 Å². The summed E-state index contributed by atoms with van der Waals surface area (Å²) in [4.78, 5) is 36.1. The first kappa shape index (κ1) is 25.6. The van der Waals surface area contributed by atoms with E-state index in [1.807, 2.05) is 50.1 Å². The van der Waals surface area contributed by atoms with E-state index in [0.29, 0.717) is 6.54 Å². The average Bonchev–Trinajstić information content (AvgIpc) is 3.47. The minimum absolute atomic E-state index is 0.120. The molecular formula is C29H33N3O4S. The Balaban J connectivity index is 1.26. The summed E-state index contributed by atoms with van der Waals surface area (Å²) in [6.45, 7) is 11.3. The summed E-state index contributed by atoms with van der Waals surface area (Å²) in [6, 6.07) is 12.3. The lowest BCUT2D eigenvalue weighted by atomic mass is 10.1. The molecule has 5 rings (SSSR count). The summed E-state index contributed by atoms with van der Waals surface area (Å²) >= 11 is 1.68. The quantitative estimate of drug-likeness (QED) is 0.423. The van der Waals surface area contributed by atoms with E-state index in [4.69, 9.17) is 9.47 Å². The highest BCUT2D eigenvalue weighted by molar-refractivity contribution is 7.18. The number of amides is 1. The predicted octanol–water partition coefficient (Wildman–Crippen LogP) is 4.65. The van der Waals surface area contributed by atoms with Crippen LogP contribution in [0.2, 0.25) is 0 Å². The first-order chi connectivity index (χ1) is 17.7. The minimum Gasteiger partial charge on any atom is -0.460 e. The van der Waals surface area contributed by atoms with Gasteiger partial charge in [0.2, 0.25) is 0 Å². The minimum atomic E-state index is -0.509. The molecule has 194 valence electrons. The fourth-order valence-corrected chi connectivity index (χ4v) is 5.70. The third-order valence-corrected chi connectivity index (χ3v) is 7.70. The Kier molecular flexibility index (Phi) is 7.42. The maximum absolute atomic E-state index is 12.9. The number of ether oxygens (including phenoxy) is 2. The molecule has 1 amide bonds. The lowest BCUT2D eigenvalue weighted by Crippen LogP contribution is -2.41. The molecule has 0 atom stereocenters. The molecule has 0 radical (unpaired) electrons. The van der Waals surface area contributed by atoms with Crippen LogP contribution in [-0.2, 0) is 27.2 Å². The maximum atomic E-state index is 12.9. The number of nitrogens with zero attached hydrogens (tertiary/aromatic N) is 3. The molecule has 0 spiro atoms. The molecular weight excluding hydrogens is 486 g/mol. The number of carbonyl (C=O) groups excluding carboxylic acids is 2. The normalized spacial score (nSPS) is 16.2. The number of carbonyl (C=O) groups is 2. The Morgan fingerprint density at radius 3 is 2.54 bits per heavy atom. The van der Waals surface area contributed by atoms with Gasteiger partial charge < -0.3 is 14.4 Å². The molecule has 0 unspecified atom stereocenters. The van der Waals surface area contributed by atoms with Gasteiger partial charge >= 0.3 is 5.97 Å². The number of thiophene rings is 1. The van der Waals surface area contributed by atoms with Gasteiger partial charge in [-0.2, -0.15) is 0 Å². The number of morpholine rings is 1. The van der Waals surface area contributed by atoms with Crippen molar-refractivity contribution in [1.29, 1.82) is 0 Å². The number of hydrogen-bond donors (Lipinski definition) is 0. The van der Waals surface area contributed by atoms with E-state index >= 15 is 0 Å². The van der Waals surface area contributed by atoms with E-state index in [-0.39, 0.29) is 18.3 Å². The van der Waals surface area contributed by atoms with E-state index in [1.54, 1.807) is 17.5 Å². The molecule has 1 saturated heterocycles. The van der Waals surface area contributed by atoms with Crippen LogP contribution in [-0.4, -0.2) is 71.7 Å². The molecule has 1 aromatic carbocycles. The van der Waals surface area contributed by atoms with Crippen molar-refractivity contribution >= 4 is 23.2 Å². The van der Waals surface area contributed by atoms with Gasteiger partial charge in [0, 0.05) is 66.0 Å². The van der Waals surface area contributed by atoms with Crippen molar-refractivity contribution in [2.75, 3.05) is 39.4 Å². The molecule has 1 fully saturated rings. The highest BCUT2D eigenvalue weighted by Crippen LogP contribution is 2.36. The van der Waals surface area contributed by atoms with E-state index < -0.39 is 5.60 Å². The van der Waals surface area contributed by atoms with Gasteiger partial charge in [-0.15, -0.1) is 11.3 Å². The van der Waals surface area contributed by atoms with Crippen molar-refractivity contribution in [1.82, 2.24) is 14.8 Å². The SMILES string of the molecule is CC(C)(C)OC(=O)Cc1cncc(-c2ccc(-c3ccc4c(c3)CN(CCN3CCOCC3)C4=O)s2)c1. The Hall–Kier alpha value is -3.07. The second-order valence-corrected chi connectivity index (χ2v) is 11.6. The van der Waals surface area contributed by atoms with Crippen molar-refractivity contribution in [3.05, 3.63) is 65.5 Å². The fraction of sp³-hybridized carbons (Fsp3) is 0.414. The van der Waals surface area contributed by atoms with Gasteiger partial charge in [-0.25, -0.2) is 0 Å². The maximum Gasteiger partial charge on any atom is 0.310 e. The van der Waals surface area contributed by atoms with Gasteiger partial charge in [0.15, 0.2) is 0 Å². The molecule has 2 aliphatic heterocycles. The fourth-order valence-electron chi connectivity index (χ4n) is 4.71. The summed E-state index contributed by atoms with van der Waals surface area (Å²) in [7, 11) is 0. The van der Waals surface area contributed by atoms with Crippen molar-refractivity contribution in [3.63, 3.8) is 0 Å². The zero-order valence-electron chi connectivity index (χ0n) is 21.7. The zero-order valence-corrected chi connectivity index (χ0v) is 22.5. The van der Waals surface area contributed by atoms with E-state index in [1.165, 1.54) is 0 Å². The predicted molar refractivity (Wildman–Crippen MR) is 145 cm³/mol. The van der Waals surface area contributed by atoms with Crippen LogP contribution in [0, 0.1) is 0 Å². The summed E-state index contributed by atoms with van der Waals surface area (Å²) in [5, 5.41) is 0. The van der Waals surface area contributed by atoms with Gasteiger partial charge in [0.25, 0.3) is 5.91 Å². The van der Waals surface area contributed by atoms with Gasteiger partial charge in [-0.1, -0.05) is 6.07 Å². The number of pyridine rings is 1. The van der Waals surface area contributed by atoms with Gasteiger partial charge in [0.05, 0.1) is 19.6 Å². The molecule has 3 aromatic rings. The molecule has 2 aromatic heterocycles. The first-order valence-electron chi connectivity index (χ1n) is 12.7. The van der Waals surface area contributed by atoms with Gasteiger partial charge in [0.1, 0.15) is 5.60 Å². The lowest BCUT2D eigenvalue weighted by Gasteiger charge is -2.28. The van der Waals surface area contributed by atoms with E-state index in [9.17, 15) is 9.59 Å². The monoisotopic (exact) mass is 519 g/mol. The first-order valence-corrected chi connectivity index (χ1v) is 13.6. The number of esters is 1.